The third-order valence-electron chi connectivity index (χ3n) is 4.42. The number of hydrogen-bond donors (Lipinski definition) is 1. The van der Waals surface area contributed by atoms with Gasteiger partial charge < -0.3 is 4.90 Å². The number of benzene rings is 2. The van der Waals surface area contributed by atoms with Crippen molar-refractivity contribution in [2.75, 3.05) is 31.1 Å². The first-order chi connectivity index (χ1) is 12.3. The van der Waals surface area contributed by atoms with Crippen molar-refractivity contribution in [1.82, 2.24) is 4.90 Å². The van der Waals surface area contributed by atoms with E-state index in [4.69, 9.17) is 5.14 Å². The zero-order valence-electron chi connectivity index (χ0n) is 14.1. The molecular formula is C17H20N4O4S. The second kappa shape index (κ2) is 7.40. The number of hydrogen-bond acceptors (Lipinski definition) is 6. The van der Waals surface area contributed by atoms with E-state index in [-0.39, 0.29) is 10.6 Å². The zero-order chi connectivity index (χ0) is 18.7. The second-order valence-corrected chi connectivity index (χ2v) is 7.73. The number of non-ortho nitro benzene ring substituents is 1. The van der Waals surface area contributed by atoms with Crippen molar-refractivity contribution in [1.29, 1.82) is 0 Å². The zero-order valence-corrected chi connectivity index (χ0v) is 14.9. The lowest BCUT2D eigenvalue weighted by atomic mass is 10.2. The summed E-state index contributed by atoms with van der Waals surface area (Å²) in [6, 6.07) is 13.9. The van der Waals surface area contributed by atoms with Gasteiger partial charge in [0.25, 0.3) is 5.69 Å². The summed E-state index contributed by atoms with van der Waals surface area (Å²) in [6.07, 6.45) is 0. The van der Waals surface area contributed by atoms with E-state index >= 15 is 0 Å². The van der Waals surface area contributed by atoms with E-state index in [0.717, 1.165) is 25.7 Å². The van der Waals surface area contributed by atoms with Gasteiger partial charge in [-0.15, -0.1) is 0 Å². The SMILES string of the molecule is NS(=O)(=O)c1cc([N+](=O)[O-])ccc1N1CCN(Cc2ccccc2)CC1. The Morgan fingerprint density at radius 3 is 2.27 bits per heavy atom. The Bertz CT molecular complexity index is 894. The van der Waals surface area contributed by atoms with E-state index in [9.17, 15) is 18.5 Å². The van der Waals surface area contributed by atoms with E-state index in [1.165, 1.54) is 17.7 Å². The monoisotopic (exact) mass is 376 g/mol. The standard InChI is InChI=1S/C17H20N4O4S/c18-26(24,25)17-12-15(21(22)23)6-7-16(17)20-10-8-19(9-11-20)13-14-4-2-1-3-5-14/h1-7,12H,8-11,13H2,(H2,18,24,25). The first-order valence-electron chi connectivity index (χ1n) is 8.17. The maximum atomic E-state index is 11.9. The molecule has 0 bridgehead atoms. The molecule has 26 heavy (non-hydrogen) atoms. The molecular weight excluding hydrogens is 356 g/mol. The quantitative estimate of drug-likeness (QED) is 0.626. The van der Waals surface area contributed by atoms with Gasteiger partial charge in [0.2, 0.25) is 10.0 Å². The van der Waals surface area contributed by atoms with Gasteiger partial charge in [0.15, 0.2) is 0 Å². The molecule has 8 nitrogen and oxygen atoms in total. The average Bonchev–Trinajstić information content (AvgIpc) is 2.62. The minimum atomic E-state index is -4.06. The summed E-state index contributed by atoms with van der Waals surface area (Å²) in [5, 5.41) is 16.2. The van der Waals surface area contributed by atoms with E-state index in [2.05, 4.69) is 17.0 Å². The molecule has 1 saturated heterocycles. The van der Waals surface area contributed by atoms with Crippen molar-refractivity contribution >= 4 is 21.4 Å². The van der Waals surface area contributed by atoms with Crippen LogP contribution in [-0.4, -0.2) is 44.4 Å². The van der Waals surface area contributed by atoms with Crippen molar-refractivity contribution in [2.24, 2.45) is 5.14 Å². The smallest absolute Gasteiger partial charge is 0.270 e. The summed E-state index contributed by atoms with van der Waals surface area (Å²) in [5.41, 5.74) is 1.35. The van der Waals surface area contributed by atoms with Crippen molar-refractivity contribution in [3.05, 3.63) is 64.2 Å². The summed E-state index contributed by atoms with van der Waals surface area (Å²) in [7, 11) is -4.06. The van der Waals surface area contributed by atoms with Crippen LogP contribution < -0.4 is 10.0 Å². The van der Waals surface area contributed by atoms with Gasteiger partial charge >= 0.3 is 0 Å². The largest absolute Gasteiger partial charge is 0.368 e. The van der Waals surface area contributed by atoms with Gasteiger partial charge in [-0.05, 0) is 11.6 Å². The molecule has 0 aromatic heterocycles. The Morgan fingerprint density at radius 2 is 1.69 bits per heavy atom. The number of nitrogens with two attached hydrogens (primary N) is 1. The lowest BCUT2D eigenvalue weighted by molar-refractivity contribution is -0.385. The summed E-state index contributed by atoms with van der Waals surface area (Å²) in [6.45, 7) is 3.59. The molecule has 9 heteroatoms. The normalized spacial score (nSPS) is 15.8. The maximum absolute atomic E-state index is 11.9. The van der Waals surface area contributed by atoms with Crippen LogP contribution in [0.4, 0.5) is 11.4 Å². The van der Waals surface area contributed by atoms with Crippen LogP contribution in [0.5, 0.6) is 0 Å². The second-order valence-electron chi connectivity index (χ2n) is 6.20. The molecule has 0 spiro atoms. The predicted molar refractivity (Wildman–Crippen MR) is 98.4 cm³/mol. The highest BCUT2D eigenvalue weighted by Gasteiger charge is 2.25. The molecule has 0 aliphatic carbocycles. The van der Waals surface area contributed by atoms with E-state index < -0.39 is 14.9 Å². The number of nitro groups is 1. The molecule has 1 aliphatic heterocycles. The highest BCUT2D eigenvalue weighted by molar-refractivity contribution is 7.89. The van der Waals surface area contributed by atoms with Gasteiger partial charge in [0, 0.05) is 44.9 Å². The van der Waals surface area contributed by atoms with Gasteiger partial charge in [-0.1, -0.05) is 30.3 Å². The van der Waals surface area contributed by atoms with Crippen LogP contribution in [0.2, 0.25) is 0 Å². The third kappa shape index (κ3) is 4.18. The van der Waals surface area contributed by atoms with E-state index in [1.807, 2.05) is 23.1 Å². The van der Waals surface area contributed by atoms with Gasteiger partial charge in [-0.3, -0.25) is 15.0 Å². The predicted octanol–water partition coefficient (Wildman–Crippen LogP) is 1.56. The van der Waals surface area contributed by atoms with Crippen molar-refractivity contribution in [3.63, 3.8) is 0 Å². The Kier molecular flexibility index (Phi) is 5.21. The van der Waals surface area contributed by atoms with Gasteiger partial charge in [0.05, 0.1) is 10.6 Å². The van der Waals surface area contributed by atoms with E-state index in [1.54, 1.807) is 0 Å². The molecule has 1 heterocycles. The molecule has 3 rings (SSSR count). The molecule has 138 valence electrons. The lowest BCUT2D eigenvalue weighted by Crippen LogP contribution is -2.46. The molecule has 2 aromatic carbocycles. The molecule has 0 saturated carbocycles. The minimum absolute atomic E-state index is 0.205. The molecule has 0 atom stereocenters. The molecule has 1 fully saturated rings. The number of sulfonamides is 1. The van der Waals surface area contributed by atoms with Gasteiger partial charge in [0.1, 0.15) is 4.90 Å². The Morgan fingerprint density at radius 1 is 1.04 bits per heavy atom. The Hall–Kier alpha value is -2.49. The van der Waals surface area contributed by atoms with Crippen LogP contribution >= 0.6 is 0 Å². The molecule has 2 N–H and O–H groups in total. The van der Waals surface area contributed by atoms with Crippen LogP contribution in [0.3, 0.4) is 0 Å². The fourth-order valence-corrected chi connectivity index (χ4v) is 3.87. The Labute approximate surface area is 152 Å². The van der Waals surface area contributed by atoms with Crippen LogP contribution in [0.15, 0.2) is 53.4 Å². The number of nitro benzene ring substituents is 1. The fourth-order valence-electron chi connectivity index (χ4n) is 3.09. The molecule has 1 aliphatic rings. The summed E-state index contributed by atoms with van der Waals surface area (Å²) in [5.74, 6) is 0. The van der Waals surface area contributed by atoms with Crippen LogP contribution in [0.25, 0.3) is 0 Å². The molecule has 2 aromatic rings. The van der Waals surface area contributed by atoms with Crippen molar-refractivity contribution in [3.8, 4) is 0 Å². The number of nitrogens with zero attached hydrogens (tertiary/aromatic N) is 3. The maximum Gasteiger partial charge on any atom is 0.270 e. The van der Waals surface area contributed by atoms with Crippen molar-refractivity contribution < 1.29 is 13.3 Å². The molecule has 0 unspecified atom stereocenters. The van der Waals surface area contributed by atoms with Crippen molar-refractivity contribution in [2.45, 2.75) is 11.4 Å². The Balaban J connectivity index is 1.76. The average molecular weight is 376 g/mol. The first-order valence-corrected chi connectivity index (χ1v) is 9.72. The molecule has 0 amide bonds. The van der Waals surface area contributed by atoms with Gasteiger partial charge in [-0.2, -0.15) is 0 Å². The number of rotatable bonds is 5. The first kappa shape index (κ1) is 18.3. The minimum Gasteiger partial charge on any atom is -0.368 e. The number of anilines is 1. The summed E-state index contributed by atoms with van der Waals surface area (Å²) >= 11 is 0. The summed E-state index contributed by atoms with van der Waals surface area (Å²) < 4.78 is 23.8. The van der Waals surface area contributed by atoms with Crippen LogP contribution in [-0.2, 0) is 16.6 Å². The van der Waals surface area contributed by atoms with E-state index in [0.29, 0.717) is 18.8 Å². The topological polar surface area (TPSA) is 110 Å². The number of piperazine rings is 1. The van der Waals surface area contributed by atoms with Crippen LogP contribution in [0, 0.1) is 10.1 Å². The van der Waals surface area contributed by atoms with Crippen LogP contribution in [0.1, 0.15) is 5.56 Å². The summed E-state index contributed by atoms with van der Waals surface area (Å²) in [4.78, 5) is 14.3. The molecule has 0 radical (unpaired) electrons. The lowest BCUT2D eigenvalue weighted by Gasteiger charge is -2.36. The number of primary sulfonamides is 1. The fraction of sp³-hybridized carbons (Fsp3) is 0.294. The van der Waals surface area contributed by atoms with Gasteiger partial charge in [-0.25, -0.2) is 13.6 Å². The third-order valence-corrected chi connectivity index (χ3v) is 5.36. The highest BCUT2D eigenvalue weighted by atomic mass is 32.2. The highest BCUT2D eigenvalue weighted by Crippen LogP contribution is 2.29.